The Bertz CT molecular complexity index is 2520. The maximum absolute atomic E-state index is 14.4. The standard InChI is InChI=1S/C53H68N2O18/c1-23-13-12-14-32(28(6)70-51(65)52(9,10)21-37(58)54-31-15-16-31)43(60)25(3)42(59)26(4)46(71-30(8)56)24(2)35(72-38-20-36-48(29(7)69-38)67-22-66-36)17-18-68-53(11)49(63)41-39-34(57)19-33(55-50(23)64)45(62)40(39)44(61)27(5)47(41)73-53/h12-14,17-19,24-26,28-29,31-32,35-36,38,42-43,46,48,59-61H,15-16,20-22H2,1-11H3,(H,54,58)(H,55,64)/b14-12+,18-17+,23-13-/t24-,25+,26-,28?,29-,32-,35+,36+,38+,42-,43-,46-,48-,53+/m1/s1. The lowest BCUT2D eigenvalue weighted by atomic mass is 9.77. The van der Waals surface area contributed by atoms with Crippen LogP contribution in [0.5, 0.6) is 11.5 Å². The molecular formula is C53H68N2O18. The molecule has 20 heteroatoms. The number of aromatic hydroxyl groups is 1. The number of hydrogen-bond donors (Lipinski definition) is 5. The number of aliphatic hydroxyl groups is 2. The van der Waals surface area contributed by atoms with Crippen LogP contribution in [0.15, 0.2) is 47.9 Å². The first-order valence-electron chi connectivity index (χ1n) is 24.8. The van der Waals surface area contributed by atoms with Gasteiger partial charge in [-0.15, -0.1) is 0 Å². The number of amides is 2. The van der Waals surface area contributed by atoms with E-state index in [9.17, 15) is 48.9 Å². The number of benzene rings is 1. The van der Waals surface area contributed by atoms with Crippen molar-refractivity contribution in [3.05, 3.63) is 70.2 Å². The van der Waals surface area contributed by atoms with Crippen LogP contribution in [0.4, 0.5) is 0 Å². The number of rotatable bonds is 9. The Morgan fingerprint density at radius 2 is 1.66 bits per heavy atom. The summed E-state index contributed by atoms with van der Waals surface area (Å²) in [6.07, 6.45) is 1.07. The quantitative estimate of drug-likeness (QED) is 0.213. The maximum atomic E-state index is 14.4. The van der Waals surface area contributed by atoms with E-state index < -0.39 is 136 Å². The van der Waals surface area contributed by atoms with Crippen molar-refractivity contribution in [2.75, 3.05) is 6.79 Å². The molecule has 73 heavy (non-hydrogen) atoms. The molecule has 0 spiro atoms. The number of fused-ring (bicyclic) bond motifs is 15. The molecule has 1 saturated carbocycles. The molecule has 5 N–H and O–H groups in total. The third-order valence-electron chi connectivity index (χ3n) is 14.7. The molecule has 5 bridgehead atoms. The smallest absolute Gasteiger partial charge is 0.312 e. The summed E-state index contributed by atoms with van der Waals surface area (Å²) in [5.41, 5.74) is -3.11. The summed E-state index contributed by atoms with van der Waals surface area (Å²) in [5.74, 6) is -12.2. The summed E-state index contributed by atoms with van der Waals surface area (Å²) in [6.45, 7) is 16.7. The summed E-state index contributed by atoms with van der Waals surface area (Å²) in [5, 5.41) is 41.2. The highest BCUT2D eigenvalue weighted by Crippen LogP contribution is 2.48. The van der Waals surface area contributed by atoms with E-state index in [0.717, 1.165) is 25.2 Å². The molecule has 2 saturated heterocycles. The molecule has 1 aromatic rings. The molecule has 5 heterocycles. The number of phenols is 1. The van der Waals surface area contributed by atoms with Gasteiger partial charge >= 0.3 is 17.7 Å². The highest BCUT2D eigenvalue weighted by atomic mass is 16.7. The molecule has 14 atom stereocenters. The molecule has 398 valence electrons. The predicted molar refractivity (Wildman–Crippen MR) is 256 cm³/mol. The number of esters is 2. The van der Waals surface area contributed by atoms with E-state index in [4.69, 9.17) is 37.9 Å². The van der Waals surface area contributed by atoms with Gasteiger partial charge < -0.3 is 63.8 Å². The number of carbonyl (C=O) groups is 7. The van der Waals surface area contributed by atoms with E-state index in [1.807, 2.05) is 0 Å². The third kappa shape index (κ3) is 11.5. The number of nitrogens with one attached hydrogen (secondary N) is 2. The molecule has 8 rings (SSSR count). The number of ketones is 3. The molecule has 1 aromatic carbocycles. The minimum atomic E-state index is -2.17. The van der Waals surface area contributed by atoms with Crippen molar-refractivity contribution in [3.8, 4) is 11.5 Å². The fourth-order valence-corrected chi connectivity index (χ4v) is 10.0. The van der Waals surface area contributed by atoms with Crippen molar-refractivity contribution in [1.29, 1.82) is 0 Å². The predicted octanol–water partition coefficient (Wildman–Crippen LogP) is 4.48. The van der Waals surface area contributed by atoms with E-state index >= 15 is 0 Å². The highest BCUT2D eigenvalue weighted by Gasteiger charge is 2.52. The molecule has 2 amide bonds. The molecule has 20 nitrogen and oxygen atoms in total. The van der Waals surface area contributed by atoms with E-state index in [0.29, 0.717) is 0 Å². The monoisotopic (exact) mass is 1020 g/mol. The Labute approximate surface area is 423 Å². The number of hydrogen-bond acceptors (Lipinski definition) is 18. The highest BCUT2D eigenvalue weighted by molar-refractivity contribution is 6.30. The van der Waals surface area contributed by atoms with Crippen molar-refractivity contribution < 1.29 is 86.8 Å². The fourth-order valence-electron chi connectivity index (χ4n) is 10.0. The topological polar surface area (TPSA) is 278 Å². The average Bonchev–Trinajstić information content (AvgIpc) is 3.93. The van der Waals surface area contributed by atoms with Gasteiger partial charge in [-0.1, -0.05) is 39.0 Å². The summed E-state index contributed by atoms with van der Waals surface area (Å²) < 4.78 is 48.4. The zero-order valence-corrected chi connectivity index (χ0v) is 43.0. The average molecular weight is 1020 g/mol. The Morgan fingerprint density at radius 1 is 0.959 bits per heavy atom. The molecule has 2 aliphatic carbocycles. The maximum Gasteiger partial charge on any atom is 0.312 e. The minimum absolute atomic E-state index is 0.00550. The van der Waals surface area contributed by atoms with Crippen molar-refractivity contribution in [1.82, 2.24) is 10.6 Å². The number of phenolic OH excluding ortho intramolecular Hbond substituents is 1. The number of carbonyl (C=O) groups excluding carboxylic acids is 7. The van der Waals surface area contributed by atoms with Gasteiger partial charge in [0.1, 0.15) is 36.6 Å². The lowest BCUT2D eigenvalue weighted by molar-refractivity contribution is -0.246. The Morgan fingerprint density at radius 3 is 2.33 bits per heavy atom. The summed E-state index contributed by atoms with van der Waals surface area (Å²) in [7, 11) is 0. The van der Waals surface area contributed by atoms with Gasteiger partial charge in [0.05, 0.1) is 64.6 Å². The Kier molecular flexibility index (Phi) is 16.3. The minimum Gasteiger partial charge on any atom is -0.507 e. The van der Waals surface area contributed by atoms with Crippen LogP contribution in [0, 0.1) is 36.0 Å². The van der Waals surface area contributed by atoms with Gasteiger partial charge in [0.2, 0.25) is 11.7 Å². The van der Waals surface area contributed by atoms with Gasteiger partial charge in [-0.2, -0.15) is 0 Å². The van der Waals surface area contributed by atoms with Gasteiger partial charge in [-0.25, -0.2) is 0 Å². The number of aliphatic hydroxyl groups excluding tert-OH is 2. The van der Waals surface area contributed by atoms with E-state index in [1.165, 1.54) is 52.0 Å². The lowest BCUT2D eigenvalue weighted by Crippen LogP contribution is -2.50. The number of ether oxygens (including phenoxy) is 8. The van der Waals surface area contributed by atoms with Gasteiger partial charge in [-0.3, -0.25) is 33.6 Å². The van der Waals surface area contributed by atoms with Crippen molar-refractivity contribution in [2.24, 2.45) is 29.1 Å². The van der Waals surface area contributed by atoms with E-state index in [1.54, 1.807) is 48.5 Å². The van der Waals surface area contributed by atoms with Crippen LogP contribution in [0.25, 0.3) is 0 Å². The SMILES string of the molecule is CC(=O)O[C@H]1[C@H](C)[C@H](O)[C@H](C)[C@@H](O)[C@@H](C(C)OC(=O)C(C)(C)CC(=O)NC2CC2)/C=C/C=C(/C)C(=O)NC2=CC(=O)c3c(c(O)c(C)c4c3C(=O)[C@@](C)(O/C=C/[C@H](O[C@H]3C[C@@H]5OCO[C@@H]5[C@@H](C)O3)[C@H]1C)O4)C2=O. The fraction of sp³-hybridized carbons (Fsp3) is 0.604. The first-order valence-corrected chi connectivity index (χ1v) is 24.8. The van der Waals surface area contributed by atoms with Crippen LogP contribution in [-0.2, 0) is 52.3 Å². The zero-order chi connectivity index (χ0) is 53.6. The number of Topliss-reactive ketones (excluding diaryl/α,β-unsaturated/α-hetero) is 2. The van der Waals surface area contributed by atoms with Crippen molar-refractivity contribution in [2.45, 2.75) is 169 Å². The molecule has 7 aliphatic rings. The second-order valence-electron chi connectivity index (χ2n) is 21.0. The normalized spacial score (nSPS) is 35.0. The van der Waals surface area contributed by atoms with Crippen LogP contribution in [-0.4, -0.2) is 130 Å². The van der Waals surface area contributed by atoms with Gasteiger partial charge in [0, 0.05) is 73.6 Å². The summed E-state index contributed by atoms with van der Waals surface area (Å²) in [6, 6.07) is 0.0700. The molecule has 5 aliphatic heterocycles. The molecule has 0 aromatic heterocycles. The number of allylic oxidation sites excluding steroid dienone is 4. The van der Waals surface area contributed by atoms with Crippen LogP contribution >= 0.6 is 0 Å². The first-order chi connectivity index (χ1) is 34.2. The van der Waals surface area contributed by atoms with Crippen LogP contribution in [0.3, 0.4) is 0 Å². The van der Waals surface area contributed by atoms with Crippen molar-refractivity contribution in [3.63, 3.8) is 0 Å². The largest absolute Gasteiger partial charge is 0.507 e. The van der Waals surface area contributed by atoms with Crippen LogP contribution in [0.1, 0.15) is 132 Å². The van der Waals surface area contributed by atoms with Gasteiger partial charge in [0.25, 0.3) is 11.7 Å². The van der Waals surface area contributed by atoms with Gasteiger partial charge in [-0.05, 0) is 60.5 Å². The molecule has 0 radical (unpaired) electrons. The van der Waals surface area contributed by atoms with Crippen molar-refractivity contribution >= 4 is 41.1 Å². The molecule has 1 unspecified atom stereocenters. The van der Waals surface area contributed by atoms with Crippen LogP contribution in [0.2, 0.25) is 0 Å². The Hall–Kier alpha value is -5.77. The second kappa shape index (κ2) is 21.6. The summed E-state index contributed by atoms with van der Waals surface area (Å²) in [4.78, 5) is 95.5. The molecule has 3 fully saturated rings. The van der Waals surface area contributed by atoms with Crippen LogP contribution < -0.4 is 15.4 Å². The third-order valence-corrected chi connectivity index (χ3v) is 14.7. The lowest BCUT2D eigenvalue weighted by Gasteiger charge is -2.41. The van der Waals surface area contributed by atoms with E-state index in [2.05, 4.69) is 10.6 Å². The zero-order valence-electron chi connectivity index (χ0n) is 43.0. The Balaban J connectivity index is 1.28. The van der Waals surface area contributed by atoms with Gasteiger partial charge in [0.15, 0.2) is 12.1 Å². The first kappa shape index (κ1) is 55.0. The second-order valence-corrected chi connectivity index (χ2v) is 21.0. The van der Waals surface area contributed by atoms with E-state index in [-0.39, 0.29) is 66.2 Å². The summed E-state index contributed by atoms with van der Waals surface area (Å²) >= 11 is 0. The molecular weight excluding hydrogens is 953 g/mol.